The van der Waals surface area contributed by atoms with Crippen molar-refractivity contribution in [2.75, 3.05) is 0 Å². The lowest BCUT2D eigenvalue weighted by Crippen LogP contribution is -2.15. The Morgan fingerprint density at radius 2 is 2.18 bits per heavy atom. The van der Waals surface area contributed by atoms with Crippen LogP contribution in [-0.2, 0) is 6.54 Å². The zero-order valence-corrected chi connectivity index (χ0v) is 10.2. The molecule has 0 amide bonds. The number of furan rings is 1. The van der Waals surface area contributed by atoms with Crippen LogP contribution < -0.4 is 5.32 Å². The van der Waals surface area contributed by atoms with E-state index in [0.29, 0.717) is 6.04 Å². The second kappa shape index (κ2) is 4.55. The molecule has 3 rings (SSSR count). The minimum Gasteiger partial charge on any atom is -0.464 e. The van der Waals surface area contributed by atoms with Crippen molar-refractivity contribution in [1.29, 1.82) is 0 Å². The highest BCUT2D eigenvalue weighted by molar-refractivity contribution is 6.30. The number of halogens is 1. The first-order valence-corrected chi connectivity index (χ1v) is 6.26. The van der Waals surface area contributed by atoms with Crippen LogP contribution in [0.4, 0.5) is 0 Å². The van der Waals surface area contributed by atoms with Crippen molar-refractivity contribution in [2.45, 2.75) is 25.4 Å². The molecule has 2 nitrogen and oxygen atoms in total. The predicted molar refractivity (Wildman–Crippen MR) is 69.0 cm³/mol. The largest absolute Gasteiger partial charge is 0.464 e. The van der Waals surface area contributed by atoms with E-state index in [-0.39, 0.29) is 0 Å². The van der Waals surface area contributed by atoms with Gasteiger partial charge in [-0.3, -0.25) is 0 Å². The average Bonchev–Trinajstić information content (AvgIpc) is 3.00. The van der Waals surface area contributed by atoms with E-state index < -0.39 is 0 Å². The summed E-state index contributed by atoms with van der Waals surface area (Å²) < 4.78 is 5.45. The van der Waals surface area contributed by atoms with Crippen molar-refractivity contribution in [2.24, 2.45) is 0 Å². The molecule has 1 saturated carbocycles. The van der Waals surface area contributed by atoms with Gasteiger partial charge in [0.1, 0.15) is 5.76 Å². The second-order valence-electron chi connectivity index (χ2n) is 4.43. The van der Waals surface area contributed by atoms with Crippen LogP contribution in [0.5, 0.6) is 0 Å². The Kier molecular flexibility index (Phi) is 2.91. The van der Waals surface area contributed by atoms with E-state index in [9.17, 15) is 0 Å². The van der Waals surface area contributed by atoms with Crippen LogP contribution in [0.3, 0.4) is 0 Å². The summed E-state index contributed by atoms with van der Waals surface area (Å²) in [4.78, 5) is 0. The molecule has 1 aliphatic rings. The van der Waals surface area contributed by atoms with Crippen molar-refractivity contribution < 1.29 is 4.42 Å². The van der Waals surface area contributed by atoms with Gasteiger partial charge in [0.15, 0.2) is 0 Å². The van der Waals surface area contributed by atoms with Crippen molar-refractivity contribution >= 4 is 11.6 Å². The van der Waals surface area contributed by atoms with Gasteiger partial charge in [-0.05, 0) is 42.7 Å². The lowest BCUT2D eigenvalue weighted by Gasteiger charge is -2.09. The molecule has 0 radical (unpaired) electrons. The van der Waals surface area contributed by atoms with Crippen LogP contribution in [0.1, 0.15) is 18.4 Å². The lowest BCUT2D eigenvalue weighted by molar-refractivity contribution is 0.580. The molecular weight excluding hydrogens is 234 g/mol. The van der Waals surface area contributed by atoms with Crippen LogP contribution in [-0.4, -0.2) is 6.04 Å². The number of hydrogen-bond acceptors (Lipinski definition) is 2. The Morgan fingerprint density at radius 3 is 2.88 bits per heavy atom. The SMILES string of the molecule is Clc1ccc(CNC2CC2)c(-c2ccco2)c1. The van der Waals surface area contributed by atoms with Crippen molar-refractivity contribution in [1.82, 2.24) is 5.32 Å². The van der Waals surface area contributed by atoms with E-state index in [2.05, 4.69) is 11.4 Å². The van der Waals surface area contributed by atoms with Crippen LogP contribution in [0.2, 0.25) is 5.02 Å². The maximum atomic E-state index is 6.05. The first-order chi connectivity index (χ1) is 8.33. The van der Waals surface area contributed by atoms with E-state index in [0.717, 1.165) is 22.9 Å². The van der Waals surface area contributed by atoms with Crippen molar-refractivity contribution in [3.05, 3.63) is 47.2 Å². The number of rotatable bonds is 4. The van der Waals surface area contributed by atoms with E-state index in [1.54, 1.807) is 6.26 Å². The lowest BCUT2D eigenvalue weighted by atomic mass is 10.1. The summed E-state index contributed by atoms with van der Waals surface area (Å²) in [5.41, 5.74) is 2.31. The first kappa shape index (κ1) is 10.9. The minimum absolute atomic E-state index is 0.704. The van der Waals surface area contributed by atoms with E-state index in [1.165, 1.54) is 18.4 Å². The van der Waals surface area contributed by atoms with E-state index in [4.69, 9.17) is 16.0 Å². The highest BCUT2D eigenvalue weighted by Gasteiger charge is 2.20. The molecular formula is C14H14ClNO. The third kappa shape index (κ3) is 2.54. The van der Waals surface area contributed by atoms with Gasteiger partial charge in [0.05, 0.1) is 6.26 Å². The summed E-state index contributed by atoms with van der Waals surface area (Å²) in [6.45, 7) is 0.873. The van der Waals surface area contributed by atoms with Crippen LogP contribution in [0, 0.1) is 0 Å². The van der Waals surface area contributed by atoms with E-state index >= 15 is 0 Å². The summed E-state index contributed by atoms with van der Waals surface area (Å²) in [5.74, 6) is 0.875. The molecule has 0 atom stereocenters. The van der Waals surface area contributed by atoms with E-state index in [1.807, 2.05) is 24.3 Å². The minimum atomic E-state index is 0.704. The van der Waals surface area contributed by atoms with Crippen molar-refractivity contribution in [3.63, 3.8) is 0 Å². The van der Waals surface area contributed by atoms with Gasteiger partial charge in [-0.1, -0.05) is 17.7 Å². The highest BCUT2D eigenvalue weighted by Crippen LogP contribution is 2.28. The van der Waals surface area contributed by atoms with Gasteiger partial charge in [-0.25, -0.2) is 0 Å². The Hall–Kier alpha value is -1.25. The molecule has 1 N–H and O–H groups in total. The third-order valence-corrected chi connectivity index (χ3v) is 3.25. The fourth-order valence-electron chi connectivity index (χ4n) is 1.91. The normalized spacial score (nSPS) is 15.1. The van der Waals surface area contributed by atoms with Gasteiger partial charge in [0.2, 0.25) is 0 Å². The second-order valence-corrected chi connectivity index (χ2v) is 4.87. The highest BCUT2D eigenvalue weighted by atomic mass is 35.5. The smallest absolute Gasteiger partial charge is 0.134 e. The molecule has 0 spiro atoms. The molecule has 0 bridgehead atoms. The Morgan fingerprint density at radius 1 is 1.29 bits per heavy atom. The first-order valence-electron chi connectivity index (χ1n) is 5.88. The zero-order valence-electron chi connectivity index (χ0n) is 9.45. The molecule has 17 heavy (non-hydrogen) atoms. The number of benzene rings is 1. The van der Waals surface area contributed by atoms with Gasteiger partial charge in [-0.2, -0.15) is 0 Å². The fraction of sp³-hybridized carbons (Fsp3) is 0.286. The maximum Gasteiger partial charge on any atom is 0.134 e. The molecule has 0 unspecified atom stereocenters. The van der Waals surface area contributed by atoms with Gasteiger partial charge >= 0.3 is 0 Å². The van der Waals surface area contributed by atoms with Gasteiger partial charge in [-0.15, -0.1) is 0 Å². The Bertz CT molecular complexity index is 503. The molecule has 1 aromatic carbocycles. The molecule has 1 fully saturated rings. The fourth-order valence-corrected chi connectivity index (χ4v) is 2.08. The summed E-state index contributed by atoms with van der Waals surface area (Å²) in [6.07, 6.45) is 4.28. The van der Waals surface area contributed by atoms with Crippen LogP contribution in [0.15, 0.2) is 41.0 Å². The topological polar surface area (TPSA) is 25.2 Å². The van der Waals surface area contributed by atoms with Crippen LogP contribution >= 0.6 is 11.6 Å². The zero-order chi connectivity index (χ0) is 11.7. The molecule has 0 aliphatic heterocycles. The monoisotopic (exact) mass is 247 g/mol. The molecule has 1 aromatic heterocycles. The average molecular weight is 248 g/mol. The van der Waals surface area contributed by atoms with Crippen LogP contribution in [0.25, 0.3) is 11.3 Å². The molecule has 88 valence electrons. The summed E-state index contributed by atoms with van der Waals surface area (Å²) in [7, 11) is 0. The van der Waals surface area contributed by atoms with Gasteiger partial charge in [0, 0.05) is 23.2 Å². The quantitative estimate of drug-likeness (QED) is 0.888. The summed E-state index contributed by atoms with van der Waals surface area (Å²) in [5, 5.41) is 4.25. The molecule has 3 heteroatoms. The summed E-state index contributed by atoms with van der Waals surface area (Å²) in [6, 6.07) is 10.5. The standard InChI is InChI=1S/C14H14ClNO/c15-11-4-3-10(9-16-12-5-6-12)13(8-11)14-2-1-7-17-14/h1-4,7-8,12,16H,5-6,9H2. The molecule has 2 aromatic rings. The maximum absolute atomic E-state index is 6.05. The predicted octanol–water partition coefficient (Wildman–Crippen LogP) is 3.85. The molecule has 1 heterocycles. The number of nitrogens with one attached hydrogen (secondary N) is 1. The van der Waals surface area contributed by atoms with Gasteiger partial charge in [0.25, 0.3) is 0 Å². The van der Waals surface area contributed by atoms with Crippen molar-refractivity contribution in [3.8, 4) is 11.3 Å². The van der Waals surface area contributed by atoms with Gasteiger partial charge < -0.3 is 9.73 Å². The molecule has 1 aliphatic carbocycles. The Balaban J connectivity index is 1.89. The Labute approximate surface area is 106 Å². The third-order valence-electron chi connectivity index (χ3n) is 3.02. The molecule has 0 saturated heterocycles. The summed E-state index contributed by atoms with van der Waals surface area (Å²) >= 11 is 6.05. The number of hydrogen-bond donors (Lipinski definition) is 1.